The quantitative estimate of drug-likeness (QED) is 0.453. The van der Waals surface area contributed by atoms with Gasteiger partial charge in [0.05, 0.1) is 4.90 Å². The maximum absolute atomic E-state index is 12.6. The fourth-order valence-corrected chi connectivity index (χ4v) is 3.76. The SMILES string of the molecule is CNC(=O)Nc1ccc(NC(=O)c2cccc(S(=O)(=O)NCc3ccccc3)c2)cc1. The van der Waals surface area contributed by atoms with Gasteiger partial charge in [-0.1, -0.05) is 36.4 Å². The van der Waals surface area contributed by atoms with Crippen LogP contribution in [-0.4, -0.2) is 27.4 Å². The number of carbonyl (C=O) groups excluding carboxylic acids is 2. The van der Waals surface area contributed by atoms with Crippen molar-refractivity contribution < 1.29 is 18.0 Å². The number of benzene rings is 3. The zero-order chi connectivity index (χ0) is 22.3. The minimum atomic E-state index is -3.78. The van der Waals surface area contributed by atoms with Gasteiger partial charge in [-0.15, -0.1) is 0 Å². The highest BCUT2D eigenvalue weighted by Crippen LogP contribution is 2.17. The number of carbonyl (C=O) groups is 2. The van der Waals surface area contributed by atoms with Crippen molar-refractivity contribution in [1.82, 2.24) is 10.0 Å². The van der Waals surface area contributed by atoms with Crippen LogP contribution in [0.15, 0.2) is 83.8 Å². The molecule has 0 aliphatic carbocycles. The Bertz CT molecular complexity index is 1160. The number of urea groups is 1. The van der Waals surface area contributed by atoms with E-state index in [9.17, 15) is 18.0 Å². The zero-order valence-electron chi connectivity index (χ0n) is 16.8. The van der Waals surface area contributed by atoms with Gasteiger partial charge in [0, 0.05) is 30.5 Å². The highest BCUT2D eigenvalue weighted by Gasteiger charge is 2.16. The van der Waals surface area contributed by atoms with E-state index in [1.165, 1.54) is 31.3 Å². The largest absolute Gasteiger partial charge is 0.341 e. The average molecular weight is 439 g/mol. The van der Waals surface area contributed by atoms with Crippen molar-refractivity contribution in [2.75, 3.05) is 17.7 Å². The average Bonchev–Trinajstić information content (AvgIpc) is 2.79. The molecule has 3 rings (SSSR count). The molecule has 0 spiro atoms. The second kappa shape index (κ2) is 9.88. The molecule has 160 valence electrons. The number of hydrogen-bond donors (Lipinski definition) is 4. The van der Waals surface area contributed by atoms with E-state index in [1.54, 1.807) is 24.3 Å². The summed E-state index contributed by atoms with van der Waals surface area (Å²) in [5.74, 6) is -0.452. The van der Waals surface area contributed by atoms with Gasteiger partial charge in [-0.25, -0.2) is 17.9 Å². The highest BCUT2D eigenvalue weighted by molar-refractivity contribution is 7.89. The number of hydrogen-bond acceptors (Lipinski definition) is 4. The molecule has 0 atom stereocenters. The molecule has 0 aliphatic rings. The predicted molar refractivity (Wildman–Crippen MR) is 119 cm³/mol. The fourth-order valence-electron chi connectivity index (χ4n) is 2.70. The van der Waals surface area contributed by atoms with Crippen molar-refractivity contribution in [3.63, 3.8) is 0 Å². The predicted octanol–water partition coefficient (Wildman–Crippen LogP) is 3.17. The third-order valence-electron chi connectivity index (χ3n) is 4.34. The van der Waals surface area contributed by atoms with Crippen LogP contribution in [0.5, 0.6) is 0 Å². The summed E-state index contributed by atoms with van der Waals surface area (Å²) in [7, 11) is -2.27. The maximum Gasteiger partial charge on any atom is 0.318 e. The molecule has 0 aromatic heterocycles. The monoisotopic (exact) mass is 438 g/mol. The van der Waals surface area contributed by atoms with Crippen LogP contribution in [-0.2, 0) is 16.6 Å². The Morgan fingerprint density at radius 2 is 1.45 bits per heavy atom. The van der Waals surface area contributed by atoms with E-state index in [4.69, 9.17) is 0 Å². The van der Waals surface area contributed by atoms with E-state index in [0.29, 0.717) is 11.4 Å². The smallest absolute Gasteiger partial charge is 0.318 e. The molecule has 8 nitrogen and oxygen atoms in total. The molecule has 0 aliphatic heterocycles. The molecule has 3 aromatic carbocycles. The van der Waals surface area contributed by atoms with Gasteiger partial charge in [-0.05, 0) is 48.0 Å². The molecule has 9 heteroatoms. The van der Waals surface area contributed by atoms with Crippen molar-refractivity contribution in [3.8, 4) is 0 Å². The van der Waals surface area contributed by atoms with Crippen LogP contribution in [0, 0.1) is 0 Å². The minimum Gasteiger partial charge on any atom is -0.341 e. The molecule has 0 unspecified atom stereocenters. The molecule has 0 fully saturated rings. The van der Waals surface area contributed by atoms with E-state index in [-0.39, 0.29) is 23.0 Å². The lowest BCUT2D eigenvalue weighted by Gasteiger charge is -2.10. The van der Waals surface area contributed by atoms with Crippen LogP contribution >= 0.6 is 0 Å². The molecule has 3 amide bonds. The summed E-state index contributed by atoms with van der Waals surface area (Å²) >= 11 is 0. The molecule has 0 saturated carbocycles. The van der Waals surface area contributed by atoms with E-state index >= 15 is 0 Å². The molecule has 0 radical (unpaired) electrons. The lowest BCUT2D eigenvalue weighted by atomic mass is 10.2. The van der Waals surface area contributed by atoms with Gasteiger partial charge in [0.2, 0.25) is 10.0 Å². The number of anilines is 2. The van der Waals surface area contributed by atoms with E-state index in [0.717, 1.165) is 5.56 Å². The molecule has 4 N–H and O–H groups in total. The second-order valence-electron chi connectivity index (χ2n) is 6.57. The normalized spacial score (nSPS) is 10.9. The number of rotatable bonds is 7. The Kier molecular flexibility index (Phi) is 7.01. The van der Waals surface area contributed by atoms with Crippen molar-refractivity contribution in [1.29, 1.82) is 0 Å². The Hall–Kier alpha value is -3.69. The van der Waals surface area contributed by atoms with Crippen molar-refractivity contribution in [2.45, 2.75) is 11.4 Å². The molecule has 31 heavy (non-hydrogen) atoms. The van der Waals surface area contributed by atoms with Crippen LogP contribution in [0.3, 0.4) is 0 Å². The standard InChI is InChI=1S/C22H22N4O4S/c1-23-22(28)26-19-12-10-18(11-13-19)25-21(27)17-8-5-9-20(14-17)31(29,30)24-15-16-6-3-2-4-7-16/h2-14,24H,15H2,1H3,(H,25,27)(H2,23,26,28). The van der Waals surface area contributed by atoms with Gasteiger partial charge in [0.25, 0.3) is 5.91 Å². The molecule has 3 aromatic rings. The van der Waals surface area contributed by atoms with Crippen molar-refractivity contribution in [3.05, 3.63) is 90.0 Å². The first-order chi connectivity index (χ1) is 14.9. The summed E-state index contributed by atoms with van der Waals surface area (Å²) < 4.78 is 27.7. The van der Waals surface area contributed by atoms with E-state index in [1.807, 2.05) is 30.3 Å². The summed E-state index contributed by atoms with van der Waals surface area (Å²) in [5, 5.41) is 7.77. The number of amides is 3. The van der Waals surface area contributed by atoms with Crippen LogP contribution in [0.2, 0.25) is 0 Å². The summed E-state index contributed by atoms with van der Waals surface area (Å²) in [6.07, 6.45) is 0. The van der Waals surface area contributed by atoms with Gasteiger partial charge >= 0.3 is 6.03 Å². The molecule has 0 saturated heterocycles. The highest BCUT2D eigenvalue weighted by atomic mass is 32.2. The number of nitrogens with one attached hydrogen (secondary N) is 4. The van der Waals surface area contributed by atoms with Gasteiger partial charge < -0.3 is 16.0 Å². The van der Waals surface area contributed by atoms with Crippen molar-refractivity contribution >= 4 is 33.3 Å². The van der Waals surface area contributed by atoms with Crippen LogP contribution in [0.25, 0.3) is 0 Å². The van der Waals surface area contributed by atoms with Crippen molar-refractivity contribution in [2.24, 2.45) is 0 Å². The minimum absolute atomic E-state index is 0.00112. The Balaban J connectivity index is 1.67. The maximum atomic E-state index is 12.6. The third-order valence-corrected chi connectivity index (χ3v) is 5.74. The first kappa shape index (κ1) is 22.0. The number of sulfonamides is 1. The fraction of sp³-hybridized carbons (Fsp3) is 0.0909. The first-order valence-corrected chi connectivity index (χ1v) is 10.9. The van der Waals surface area contributed by atoms with Crippen LogP contribution in [0.1, 0.15) is 15.9 Å². The molecular formula is C22H22N4O4S. The van der Waals surface area contributed by atoms with Gasteiger partial charge in [0.1, 0.15) is 0 Å². The molecule has 0 heterocycles. The summed E-state index contributed by atoms with van der Waals surface area (Å²) in [6, 6.07) is 21.1. The zero-order valence-corrected chi connectivity index (χ0v) is 17.6. The van der Waals surface area contributed by atoms with Gasteiger partial charge in [-0.3, -0.25) is 4.79 Å². The van der Waals surface area contributed by atoms with E-state index in [2.05, 4.69) is 20.7 Å². The van der Waals surface area contributed by atoms with Crippen LogP contribution < -0.4 is 20.7 Å². The topological polar surface area (TPSA) is 116 Å². The summed E-state index contributed by atoms with van der Waals surface area (Å²) in [4.78, 5) is 23.9. The van der Waals surface area contributed by atoms with Gasteiger partial charge in [-0.2, -0.15) is 0 Å². The first-order valence-electron chi connectivity index (χ1n) is 9.41. The molecule has 0 bridgehead atoms. The third kappa shape index (κ3) is 6.14. The van der Waals surface area contributed by atoms with Gasteiger partial charge in [0.15, 0.2) is 0 Å². The molecular weight excluding hydrogens is 416 g/mol. The lowest BCUT2D eigenvalue weighted by molar-refractivity contribution is 0.102. The second-order valence-corrected chi connectivity index (χ2v) is 8.34. The lowest BCUT2D eigenvalue weighted by Crippen LogP contribution is -2.24. The Morgan fingerprint density at radius 3 is 2.10 bits per heavy atom. The van der Waals surface area contributed by atoms with Crippen LogP contribution in [0.4, 0.5) is 16.2 Å². The Labute approximate surface area is 180 Å². The Morgan fingerprint density at radius 1 is 0.806 bits per heavy atom. The van der Waals surface area contributed by atoms with E-state index < -0.39 is 15.9 Å². The summed E-state index contributed by atoms with van der Waals surface area (Å²) in [5.41, 5.74) is 2.10. The summed E-state index contributed by atoms with van der Waals surface area (Å²) in [6.45, 7) is 0.149.